The van der Waals surface area contributed by atoms with Gasteiger partial charge in [-0.15, -0.1) is 0 Å². The van der Waals surface area contributed by atoms with E-state index in [-0.39, 0.29) is 43.1 Å². The van der Waals surface area contributed by atoms with Crippen LogP contribution in [0.1, 0.15) is 41.9 Å². The van der Waals surface area contributed by atoms with Crippen LogP contribution in [0.5, 0.6) is 5.75 Å². The number of carbonyl (C=O) groups excluding carboxylic acids is 4. The summed E-state index contributed by atoms with van der Waals surface area (Å²) in [6.45, 7) is -0.222. The van der Waals surface area contributed by atoms with Gasteiger partial charge in [-0.2, -0.15) is 0 Å². The number of likely N-dealkylation sites (tertiary alicyclic amines) is 1. The number of carboxylic acid groups (broad SMARTS) is 1. The first kappa shape index (κ1) is 28.6. The number of imide groups is 1. The van der Waals surface area contributed by atoms with E-state index in [1.165, 1.54) is 6.08 Å². The maximum absolute atomic E-state index is 14.9. The van der Waals surface area contributed by atoms with E-state index in [4.69, 9.17) is 0 Å². The molecule has 1 saturated heterocycles. The average molecular weight is 602 g/mol. The van der Waals surface area contributed by atoms with Crippen molar-refractivity contribution < 1.29 is 34.2 Å². The molecule has 0 aromatic heterocycles. The molecule has 6 unspecified atom stereocenters. The van der Waals surface area contributed by atoms with Crippen molar-refractivity contribution in [1.82, 2.24) is 4.90 Å². The van der Waals surface area contributed by atoms with Crippen LogP contribution in [0.4, 0.5) is 0 Å². The Labute approximate surface area is 259 Å². The smallest absolute Gasteiger partial charge is 0.305 e. The zero-order valence-corrected chi connectivity index (χ0v) is 24.3. The SMILES string of the molecule is O=C(O)CCN1C(=O)C2CC=C3C(CC4C(=O)C(c5ccccc5)=CC(=O)C4(c4ccccc4)C3c3ccccc3O)C2C1=O. The standard InChI is InChI=1S/C37H31NO7/c39-29-14-8-7-13-24(29)33-23-15-16-25-32(36(45)38(35(25)44)18-17-31(41)42)27(23)19-28-34(43)26(21-9-3-1-4-10-21)20-30(40)37(28,33)22-11-5-2-6-12-22/h1-15,20,25,27-28,32-33,39H,16-19H2,(H,41,42). The molecule has 7 rings (SSSR count). The van der Waals surface area contributed by atoms with Crippen LogP contribution in [0.15, 0.2) is 103 Å². The Balaban J connectivity index is 1.46. The number of Topliss-reactive ketones (excluding diaryl/α,β-unsaturated/α-hetero) is 1. The molecule has 3 aromatic rings. The second-order valence-corrected chi connectivity index (χ2v) is 12.3. The number of para-hydroxylation sites is 1. The quantitative estimate of drug-likeness (QED) is 0.310. The van der Waals surface area contributed by atoms with Crippen LogP contribution >= 0.6 is 0 Å². The number of carbonyl (C=O) groups is 5. The van der Waals surface area contributed by atoms with Gasteiger partial charge in [-0.3, -0.25) is 28.9 Å². The van der Waals surface area contributed by atoms with Crippen LogP contribution < -0.4 is 0 Å². The second-order valence-electron chi connectivity index (χ2n) is 12.3. The third kappa shape index (κ3) is 4.23. The number of benzene rings is 3. The lowest BCUT2D eigenvalue weighted by Crippen LogP contribution is -2.58. The lowest BCUT2D eigenvalue weighted by atomic mass is 9.44. The summed E-state index contributed by atoms with van der Waals surface area (Å²) in [4.78, 5) is 69.4. The molecule has 1 saturated carbocycles. The zero-order chi connectivity index (χ0) is 31.5. The van der Waals surface area contributed by atoms with Crippen molar-refractivity contribution in [1.29, 1.82) is 0 Å². The normalized spacial score (nSPS) is 29.0. The Morgan fingerprint density at radius 1 is 0.844 bits per heavy atom. The predicted octanol–water partition coefficient (Wildman–Crippen LogP) is 4.69. The monoisotopic (exact) mass is 601 g/mol. The Hall–Kier alpha value is -5.11. The minimum absolute atomic E-state index is 0.0322. The number of hydrogen-bond acceptors (Lipinski definition) is 6. The molecule has 6 atom stereocenters. The van der Waals surface area contributed by atoms with E-state index >= 15 is 0 Å². The summed E-state index contributed by atoms with van der Waals surface area (Å²) in [7, 11) is 0. The Kier molecular flexibility index (Phi) is 6.88. The van der Waals surface area contributed by atoms with Gasteiger partial charge < -0.3 is 10.2 Å². The molecule has 226 valence electrons. The molecule has 0 spiro atoms. The fourth-order valence-corrected chi connectivity index (χ4v) is 8.44. The van der Waals surface area contributed by atoms with Gasteiger partial charge in [0.15, 0.2) is 11.6 Å². The number of phenolic OH excluding ortho intramolecular Hbond substituents is 1. The summed E-state index contributed by atoms with van der Waals surface area (Å²) in [6.07, 6.45) is 3.38. The van der Waals surface area contributed by atoms with Crippen molar-refractivity contribution in [3.63, 3.8) is 0 Å². The summed E-state index contributed by atoms with van der Waals surface area (Å²) in [5.41, 5.74) is 1.36. The first-order valence-corrected chi connectivity index (χ1v) is 15.2. The molecule has 3 aromatic carbocycles. The minimum atomic E-state index is -1.42. The average Bonchev–Trinajstić information content (AvgIpc) is 3.30. The zero-order valence-electron chi connectivity index (χ0n) is 24.3. The number of hydrogen-bond donors (Lipinski definition) is 2. The van der Waals surface area contributed by atoms with Gasteiger partial charge in [-0.25, -0.2) is 0 Å². The van der Waals surface area contributed by atoms with E-state index in [2.05, 4.69) is 0 Å². The van der Waals surface area contributed by atoms with Crippen molar-refractivity contribution in [2.75, 3.05) is 6.54 Å². The molecular weight excluding hydrogens is 570 g/mol. The minimum Gasteiger partial charge on any atom is -0.508 e. The lowest BCUT2D eigenvalue weighted by Gasteiger charge is -2.55. The Morgan fingerprint density at radius 3 is 2.20 bits per heavy atom. The highest BCUT2D eigenvalue weighted by Crippen LogP contribution is 2.64. The first-order chi connectivity index (χ1) is 21.7. The van der Waals surface area contributed by atoms with Crippen molar-refractivity contribution in [3.05, 3.63) is 119 Å². The van der Waals surface area contributed by atoms with Crippen LogP contribution in [0.2, 0.25) is 0 Å². The molecule has 2 amide bonds. The number of aromatic hydroxyl groups is 1. The first-order valence-electron chi connectivity index (χ1n) is 15.2. The molecule has 3 aliphatic carbocycles. The van der Waals surface area contributed by atoms with Crippen LogP contribution in [0, 0.1) is 23.7 Å². The number of aliphatic carboxylic acids is 1. The van der Waals surface area contributed by atoms with Crippen molar-refractivity contribution in [3.8, 4) is 5.75 Å². The molecule has 0 radical (unpaired) electrons. The van der Waals surface area contributed by atoms with Gasteiger partial charge in [-0.1, -0.05) is 90.5 Å². The van der Waals surface area contributed by atoms with Crippen molar-refractivity contribution in [2.45, 2.75) is 30.6 Å². The maximum Gasteiger partial charge on any atom is 0.305 e. The number of ketones is 2. The summed E-state index contributed by atoms with van der Waals surface area (Å²) in [5.74, 6) is -6.26. The fourth-order valence-electron chi connectivity index (χ4n) is 8.44. The summed E-state index contributed by atoms with van der Waals surface area (Å²) in [5, 5.41) is 20.6. The van der Waals surface area contributed by atoms with Gasteiger partial charge in [0, 0.05) is 29.5 Å². The number of phenols is 1. The topological polar surface area (TPSA) is 129 Å². The van der Waals surface area contributed by atoms with E-state index < -0.39 is 52.8 Å². The van der Waals surface area contributed by atoms with Crippen LogP contribution in [-0.4, -0.2) is 51.0 Å². The number of amides is 2. The van der Waals surface area contributed by atoms with E-state index in [1.54, 1.807) is 48.5 Å². The molecule has 45 heavy (non-hydrogen) atoms. The highest BCUT2D eigenvalue weighted by molar-refractivity contribution is 6.31. The van der Waals surface area contributed by atoms with Gasteiger partial charge in [0.25, 0.3) is 0 Å². The molecule has 4 aliphatic rings. The number of allylic oxidation sites excluding steroid dienone is 4. The number of nitrogens with zero attached hydrogens (tertiary/aromatic N) is 1. The van der Waals surface area contributed by atoms with Gasteiger partial charge in [0.05, 0.1) is 23.7 Å². The summed E-state index contributed by atoms with van der Waals surface area (Å²) in [6, 6.07) is 25.0. The molecule has 2 fully saturated rings. The molecule has 1 heterocycles. The molecule has 8 nitrogen and oxygen atoms in total. The molecule has 1 aliphatic heterocycles. The van der Waals surface area contributed by atoms with E-state index in [0.29, 0.717) is 22.3 Å². The van der Waals surface area contributed by atoms with Crippen LogP contribution in [0.25, 0.3) is 5.57 Å². The maximum atomic E-state index is 14.9. The van der Waals surface area contributed by atoms with E-state index in [0.717, 1.165) is 10.5 Å². The number of rotatable bonds is 6. The van der Waals surface area contributed by atoms with Crippen molar-refractivity contribution >= 4 is 34.9 Å². The molecule has 8 heteroatoms. The van der Waals surface area contributed by atoms with Gasteiger partial charge in [0.2, 0.25) is 11.8 Å². The van der Waals surface area contributed by atoms with Gasteiger partial charge in [-0.05, 0) is 42.0 Å². The third-order valence-electron chi connectivity index (χ3n) is 10.3. The summed E-state index contributed by atoms with van der Waals surface area (Å²) >= 11 is 0. The van der Waals surface area contributed by atoms with Crippen molar-refractivity contribution in [2.24, 2.45) is 23.7 Å². The Morgan fingerprint density at radius 2 is 1.51 bits per heavy atom. The highest BCUT2D eigenvalue weighted by atomic mass is 16.4. The lowest BCUT2D eigenvalue weighted by molar-refractivity contribution is -0.142. The van der Waals surface area contributed by atoms with Gasteiger partial charge in [0.1, 0.15) is 5.75 Å². The summed E-state index contributed by atoms with van der Waals surface area (Å²) < 4.78 is 0. The number of carboxylic acids is 1. The number of fused-ring (bicyclic) bond motifs is 4. The third-order valence-corrected chi connectivity index (χ3v) is 10.3. The second kappa shape index (κ2) is 10.8. The predicted molar refractivity (Wildman–Crippen MR) is 164 cm³/mol. The fraction of sp³-hybridized carbons (Fsp3) is 0.270. The van der Waals surface area contributed by atoms with Gasteiger partial charge >= 0.3 is 5.97 Å². The van der Waals surface area contributed by atoms with Crippen LogP contribution in [0.3, 0.4) is 0 Å². The largest absolute Gasteiger partial charge is 0.508 e. The molecular formula is C37H31NO7. The molecule has 0 bridgehead atoms. The molecule has 2 N–H and O–H groups in total. The van der Waals surface area contributed by atoms with Crippen LogP contribution in [-0.2, 0) is 29.4 Å². The highest BCUT2D eigenvalue weighted by Gasteiger charge is 2.66. The van der Waals surface area contributed by atoms with E-state index in [9.17, 15) is 34.2 Å². The van der Waals surface area contributed by atoms with E-state index in [1.807, 2.05) is 42.5 Å². The Bertz CT molecular complexity index is 1810.